The van der Waals surface area contributed by atoms with Gasteiger partial charge in [-0.1, -0.05) is 27.3 Å². The average molecular weight is 449 g/mol. The molecule has 1 aliphatic heterocycles. The Bertz CT molecular complexity index is 781. The van der Waals surface area contributed by atoms with Gasteiger partial charge >= 0.3 is 0 Å². The molecule has 0 aliphatic carbocycles. The number of carbonyl (C=O) groups excluding carboxylic acids is 1. The minimum Gasteiger partial charge on any atom is -0.494 e. The van der Waals surface area contributed by atoms with Crippen LogP contribution >= 0.6 is 39.7 Å². The molecule has 136 valence electrons. The number of anilines is 1. The zero-order chi connectivity index (χ0) is 17.1. The van der Waals surface area contributed by atoms with Gasteiger partial charge in [-0.2, -0.15) is 0 Å². The molecule has 0 bridgehead atoms. The lowest BCUT2D eigenvalue weighted by molar-refractivity contribution is -0.119. The van der Waals surface area contributed by atoms with Gasteiger partial charge < -0.3 is 14.4 Å². The van der Waals surface area contributed by atoms with Crippen LogP contribution in [0.1, 0.15) is 0 Å². The quantitative estimate of drug-likeness (QED) is 0.703. The van der Waals surface area contributed by atoms with Crippen LogP contribution in [0.5, 0.6) is 0 Å². The van der Waals surface area contributed by atoms with Gasteiger partial charge in [-0.15, -0.1) is 12.4 Å². The predicted molar refractivity (Wildman–Crippen MR) is 105 cm³/mol. The highest BCUT2D eigenvalue weighted by molar-refractivity contribution is 9.10. The number of amides is 1. The highest BCUT2D eigenvalue weighted by atomic mass is 79.9. The molecule has 0 fully saturated rings. The Kier molecular flexibility index (Phi) is 7.06. The number of rotatable bonds is 5. The van der Waals surface area contributed by atoms with Crippen LogP contribution in [0.3, 0.4) is 0 Å². The van der Waals surface area contributed by atoms with Gasteiger partial charge in [0, 0.05) is 17.6 Å². The van der Waals surface area contributed by atoms with Gasteiger partial charge in [0.1, 0.15) is 19.5 Å². The molecule has 0 atom stereocenters. The summed E-state index contributed by atoms with van der Waals surface area (Å²) in [6.07, 6.45) is 1.39. The molecule has 1 aromatic carbocycles. The smallest absolute Gasteiger partial charge is 0.298 e. The second-order valence-corrected chi connectivity index (χ2v) is 7.49. The fraction of sp³-hybridized carbons (Fsp3) is 0.375. The molecule has 6 nitrogen and oxygen atoms in total. The van der Waals surface area contributed by atoms with Gasteiger partial charge in [0.15, 0.2) is 5.13 Å². The van der Waals surface area contributed by atoms with Crippen LogP contribution in [0.4, 0.5) is 5.13 Å². The maximum atomic E-state index is 12.8. The maximum Gasteiger partial charge on any atom is 0.298 e. The molecule has 0 spiro atoms. The van der Waals surface area contributed by atoms with E-state index in [-0.39, 0.29) is 24.1 Å². The van der Waals surface area contributed by atoms with Crippen molar-refractivity contribution in [3.8, 4) is 0 Å². The number of ether oxygens (including phenoxy) is 2. The van der Waals surface area contributed by atoms with Crippen molar-refractivity contribution in [3.05, 3.63) is 34.7 Å². The molecule has 0 saturated carbocycles. The van der Waals surface area contributed by atoms with Crippen molar-refractivity contribution in [2.45, 2.75) is 0 Å². The van der Waals surface area contributed by atoms with E-state index in [1.54, 1.807) is 4.90 Å². The highest BCUT2D eigenvalue weighted by Crippen LogP contribution is 2.31. The van der Waals surface area contributed by atoms with E-state index in [9.17, 15) is 4.79 Å². The lowest BCUT2D eigenvalue weighted by atomic mass is 10.3. The number of hydrogen-bond donors (Lipinski definition) is 0. The fourth-order valence-electron chi connectivity index (χ4n) is 2.20. The third-order valence-corrected chi connectivity index (χ3v) is 4.98. The molecule has 9 heteroatoms. The van der Waals surface area contributed by atoms with Crippen molar-refractivity contribution in [1.29, 1.82) is 0 Å². The van der Waals surface area contributed by atoms with E-state index >= 15 is 0 Å². The number of benzene rings is 1. The molecular weight excluding hydrogens is 430 g/mol. The van der Waals surface area contributed by atoms with Crippen LogP contribution in [-0.4, -0.2) is 56.2 Å². The zero-order valence-electron chi connectivity index (χ0n) is 13.9. The van der Waals surface area contributed by atoms with E-state index in [0.29, 0.717) is 24.9 Å². The molecule has 0 saturated heterocycles. The monoisotopic (exact) mass is 447 g/mol. The van der Waals surface area contributed by atoms with Crippen LogP contribution in [0, 0.1) is 0 Å². The van der Waals surface area contributed by atoms with E-state index < -0.39 is 0 Å². The summed E-state index contributed by atoms with van der Waals surface area (Å²) in [4.78, 5) is 21.1. The fourth-order valence-corrected chi connectivity index (χ4v) is 3.74. The SMILES string of the molecule is CN(C)CCN(C(=O)C1=COCCO1)c1nc2ccc(Br)cc2s1.Cl. The molecule has 2 heterocycles. The van der Waals surface area contributed by atoms with E-state index in [0.717, 1.165) is 21.2 Å². The van der Waals surface area contributed by atoms with Crippen molar-refractivity contribution >= 4 is 60.9 Å². The van der Waals surface area contributed by atoms with Crippen LogP contribution in [-0.2, 0) is 14.3 Å². The summed E-state index contributed by atoms with van der Waals surface area (Å²) in [5.74, 6) is -0.00452. The third kappa shape index (κ3) is 4.84. The molecule has 0 radical (unpaired) electrons. The van der Waals surface area contributed by atoms with Gasteiger partial charge in [-0.3, -0.25) is 9.69 Å². The van der Waals surface area contributed by atoms with Crippen molar-refractivity contribution < 1.29 is 14.3 Å². The number of aromatic nitrogens is 1. The first-order valence-corrected chi connectivity index (χ1v) is 9.13. The first-order chi connectivity index (χ1) is 11.5. The first kappa shape index (κ1) is 20.0. The second-order valence-electron chi connectivity index (χ2n) is 5.57. The van der Waals surface area contributed by atoms with Gasteiger partial charge in [-0.05, 0) is 32.3 Å². The lowest BCUT2D eigenvalue weighted by Crippen LogP contribution is -2.38. The molecular formula is C16H19BrClN3O3S. The Morgan fingerprint density at radius 1 is 1.32 bits per heavy atom. The van der Waals surface area contributed by atoms with Crippen LogP contribution in [0.25, 0.3) is 10.2 Å². The molecule has 3 rings (SSSR count). The number of fused-ring (bicyclic) bond motifs is 1. The van der Waals surface area contributed by atoms with Crippen molar-refractivity contribution in [1.82, 2.24) is 9.88 Å². The Hall–Kier alpha value is -1.35. The summed E-state index contributed by atoms with van der Waals surface area (Å²) in [6, 6.07) is 5.89. The molecule has 2 aromatic rings. The maximum absolute atomic E-state index is 12.8. The molecule has 1 amide bonds. The van der Waals surface area contributed by atoms with Crippen LogP contribution in [0.15, 0.2) is 34.7 Å². The van der Waals surface area contributed by atoms with E-state index in [1.165, 1.54) is 17.6 Å². The Balaban J connectivity index is 0.00000225. The van der Waals surface area contributed by atoms with E-state index in [4.69, 9.17) is 9.47 Å². The number of likely N-dealkylation sites (N-methyl/N-ethyl adjacent to an activating group) is 1. The third-order valence-electron chi connectivity index (χ3n) is 3.45. The van der Waals surface area contributed by atoms with E-state index in [2.05, 4.69) is 20.9 Å². The molecule has 1 aliphatic rings. The van der Waals surface area contributed by atoms with Crippen molar-refractivity contribution in [2.24, 2.45) is 0 Å². The van der Waals surface area contributed by atoms with Crippen LogP contribution in [0.2, 0.25) is 0 Å². The van der Waals surface area contributed by atoms with Crippen molar-refractivity contribution in [3.63, 3.8) is 0 Å². The topological polar surface area (TPSA) is 54.9 Å². The summed E-state index contributed by atoms with van der Waals surface area (Å²) >= 11 is 4.95. The molecule has 1 aromatic heterocycles. The first-order valence-electron chi connectivity index (χ1n) is 7.52. The Labute approximate surface area is 164 Å². The van der Waals surface area contributed by atoms with Gasteiger partial charge in [0.05, 0.1) is 10.2 Å². The number of hydrogen-bond acceptors (Lipinski definition) is 6. The lowest BCUT2D eigenvalue weighted by Gasteiger charge is -2.24. The Morgan fingerprint density at radius 3 is 2.80 bits per heavy atom. The molecule has 0 unspecified atom stereocenters. The zero-order valence-corrected chi connectivity index (χ0v) is 17.1. The summed E-state index contributed by atoms with van der Waals surface area (Å²) in [6.45, 7) is 2.09. The minimum atomic E-state index is -0.227. The molecule has 25 heavy (non-hydrogen) atoms. The number of carbonyl (C=O) groups is 1. The van der Waals surface area contributed by atoms with Gasteiger partial charge in [0.2, 0.25) is 5.76 Å². The second kappa shape index (κ2) is 8.84. The largest absolute Gasteiger partial charge is 0.494 e. The average Bonchev–Trinajstić information content (AvgIpc) is 2.98. The number of halogens is 2. The summed E-state index contributed by atoms with van der Waals surface area (Å²) in [5, 5.41) is 0.657. The highest BCUT2D eigenvalue weighted by Gasteiger charge is 2.26. The van der Waals surface area contributed by atoms with Gasteiger partial charge in [0.25, 0.3) is 5.91 Å². The number of nitrogens with zero attached hydrogens (tertiary/aromatic N) is 3. The molecule has 0 N–H and O–H groups in total. The number of thiazole rings is 1. The summed E-state index contributed by atoms with van der Waals surface area (Å²) in [7, 11) is 3.94. The normalized spacial score (nSPS) is 13.7. The Morgan fingerprint density at radius 2 is 2.12 bits per heavy atom. The standard InChI is InChI=1S/C16H18BrN3O3S.ClH/c1-19(2)5-6-20(15(21)13-10-22-7-8-23-13)16-18-12-4-3-11(17)9-14(12)24-16;/h3-4,9-10H,5-8H2,1-2H3;1H. The summed E-state index contributed by atoms with van der Waals surface area (Å²) < 4.78 is 12.7. The van der Waals surface area contributed by atoms with E-state index in [1.807, 2.05) is 37.2 Å². The predicted octanol–water partition coefficient (Wildman–Crippen LogP) is 3.26. The summed E-state index contributed by atoms with van der Waals surface area (Å²) in [5.41, 5.74) is 0.871. The van der Waals surface area contributed by atoms with Crippen LogP contribution < -0.4 is 4.90 Å². The van der Waals surface area contributed by atoms with Crippen molar-refractivity contribution in [2.75, 3.05) is 45.3 Å². The minimum absolute atomic E-state index is 0. The van der Waals surface area contributed by atoms with Gasteiger partial charge in [-0.25, -0.2) is 4.98 Å².